The van der Waals surface area contributed by atoms with E-state index in [2.05, 4.69) is 0 Å². The van der Waals surface area contributed by atoms with Crippen molar-refractivity contribution in [1.29, 1.82) is 0 Å². The van der Waals surface area contributed by atoms with Crippen LogP contribution in [0.4, 0.5) is 0 Å². The number of epoxide rings is 2. The van der Waals surface area contributed by atoms with Gasteiger partial charge in [-0.05, 0) is 6.92 Å². The highest BCUT2D eigenvalue weighted by Gasteiger charge is 2.54. The van der Waals surface area contributed by atoms with E-state index in [0.717, 1.165) is 6.61 Å². The summed E-state index contributed by atoms with van der Waals surface area (Å²) in [5.74, 6) is -0.832. The molecule has 52 valence electrons. The Kier molecular flexibility index (Phi) is 0.928. The predicted molar refractivity (Wildman–Crippen MR) is 29.9 cm³/mol. The Bertz CT molecular complexity index is 132. The molecule has 3 heteroatoms. The van der Waals surface area contributed by atoms with Crippen LogP contribution in [0.5, 0.6) is 0 Å². The van der Waals surface area contributed by atoms with Gasteiger partial charge in [-0.1, -0.05) is 0 Å². The van der Waals surface area contributed by atoms with Crippen LogP contribution in [0.1, 0.15) is 13.3 Å². The molecule has 9 heavy (non-hydrogen) atoms. The van der Waals surface area contributed by atoms with Gasteiger partial charge in [0.15, 0.2) is 5.79 Å². The van der Waals surface area contributed by atoms with Gasteiger partial charge in [0.1, 0.15) is 6.10 Å². The van der Waals surface area contributed by atoms with Gasteiger partial charge >= 0.3 is 0 Å². The predicted octanol–water partition coefficient (Wildman–Crippen LogP) is -0.117. The third-order valence-electron chi connectivity index (χ3n) is 1.88. The molecule has 0 aromatic heterocycles. The second-order valence-corrected chi connectivity index (χ2v) is 2.76. The molecule has 2 aliphatic heterocycles. The van der Waals surface area contributed by atoms with Crippen molar-refractivity contribution in [2.24, 2.45) is 0 Å². The van der Waals surface area contributed by atoms with Crippen LogP contribution in [-0.4, -0.2) is 29.7 Å². The van der Waals surface area contributed by atoms with E-state index in [0.29, 0.717) is 6.42 Å². The lowest BCUT2D eigenvalue weighted by Gasteiger charge is -1.98. The standard InChI is InChI=1S/C6H10O3/c1-4-6(7,9-4)2-5-3-8-5/h4-5,7H,2-3H2,1H3. The first-order valence-corrected chi connectivity index (χ1v) is 3.22. The lowest BCUT2D eigenvalue weighted by Crippen LogP contribution is -2.15. The summed E-state index contributed by atoms with van der Waals surface area (Å²) in [6.07, 6.45) is 0.926. The molecule has 0 spiro atoms. The second-order valence-electron chi connectivity index (χ2n) is 2.76. The highest BCUT2D eigenvalue weighted by Crippen LogP contribution is 2.39. The maximum absolute atomic E-state index is 9.31. The molecule has 1 N–H and O–H groups in total. The maximum atomic E-state index is 9.31. The van der Waals surface area contributed by atoms with E-state index in [9.17, 15) is 5.11 Å². The topological polar surface area (TPSA) is 45.3 Å². The van der Waals surface area contributed by atoms with Crippen LogP contribution >= 0.6 is 0 Å². The molecule has 0 aromatic carbocycles. The van der Waals surface area contributed by atoms with Crippen molar-refractivity contribution < 1.29 is 14.6 Å². The molecule has 0 aromatic rings. The summed E-state index contributed by atoms with van der Waals surface area (Å²) in [6, 6.07) is 0. The lowest BCUT2D eigenvalue weighted by atomic mass is 10.2. The fourth-order valence-electron chi connectivity index (χ4n) is 0.998. The molecule has 0 amide bonds. The van der Waals surface area contributed by atoms with Crippen LogP contribution in [0, 0.1) is 0 Å². The summed E-state index contributed by atoms with van der Waals surface area (Å²) in [5, 5.41) is 9.31. The van der Waals surface area contributed by atoms with Crippen LogP contribution in [0.15, 0.2) is 0 Å². The van der Waals surface area contributed by atoms with Gasteiger partial charge in [-0.15, -0.1) is 0 Å². The smallest absolute Gasteiger partial charge is 0.195 e. The first-order valence-electron chi connectivity index (χ1n) is 3.22. The number of aliphatic hydroxyl groups is 1. The van der Waals surface area contributed by atoms with Gasteiger partial charge in [0.05, 0.1) is 12.7 Å². The van der Waals surface area contributed by atoms with Crippen molar-refractivity contribution in [3.63, 3.8) is 0 Å². The molecule has 0 radical (unpaired) electrons. The van der Waals surface area contributed by atoms with E-state index >= 15 is 0 Å². The summed E-state index contributed by atoms with van der Waals surface area (Å²) in [7, 11) is 0. The van der Waals surface area contributed by atoms with Crippen LogP contribution in [0.25, 0.3) is 0 Å². The van der Waals surface area contributed by atoms with Crippen LogP contribution < -0.4 is 0 Å². The fourth-order valence-corrected chi connectivity index (χ4v) is 0.998. The van der Waals surface area contributed by atoms with E-state index in [1.807, 2.05) is 6.92 Å². The van der Waals surface area contributed by atoms with Crippen molar-refractivity contribution in [2.75, 3.05) is 6.61 Å². The molecular formula is C6H10O3. The zero-order chi connectivity index (χ0) is 6.48. The molecule has 2 fully saturated rings. The first kappa shape index (κ1) is 5.65. The van der Waals surface area contributed by atoms with Crippen LogP contribution in [0.3, 0.4) is 0 Å². The average Bonchev–Trinajstić information content (AvgIpc) is 2.56. The van der Waals surface area contributed by atoms with E-state index in [1.54, 1.807) is 0 Å². The van der Waals surface area contributed by atoms with Crippen molar-refractivity contribution >= 4 is 0 Å². The molecule has 3 atom stereocenters. The third kappa shape index (κ3) is 0.956. The Morgan fingerprint density at radius 2 is 2.33 bits per heavy atom. The zero-order valence-electron chi connectivity index (χ0n) is 5.33. The maximum Gasteiger partial charge on any atom is 0.195 e. The molecule has 2 aliphatic rings. The molecule has 3 nitrogen and oxygen atoms in total. The van der Waals surface area contributed by atoms with Crippen molar-refractivity contribution in [1.82, 2.24) is 0 Å². The normalized spacial score (nSPS) is 55.3. The van der Waals surface area contributed by atoms with E-state index < -0.39 is 5.79 Å². The molecule has 3 unspecified atom stereocenters. The van der Waals surface area contributed by atoms with Crippen LogP contribution in [0.2, 0.25) is 0 Å². The van der Waals surface area contributed by atoms with Gasteiger partial charge in [0, 0.05) is 6.42 Å². The summed E-state index contributed by atoms with van der Waals surface area (Å²) in [6.45, 7) is 2.65. The minimum Gasteiger partial charge on any atom is -0.373 e. The van der Waals surface area contributed by atoms with Gasteiger partial charge in [-0.25, -0.2) is 0 Å². The number of rotatable bonds is 2. The molecular weight excluding hydrogens is 120 g/mol. The molecule has 2 heterocycles. The third-order valence-corrected chi connectivity index (χ3v) is 1.88. The van der Waals surface area contributed by atoms with Crippen molar-refractivity contribution in [3.8, 4) is 0 Å². The summed E-state index contributed by atoms with van der Waals surface area (Å²) in [5.41, 5.74) is 0. The summed E-state index contributed by atoms with van der Waals surface area (Å²) >= 11 is 0. The Balaban J connectivity index is 1.84. The van der Waals surface area contributed by atoms with Gasteiger partial charge < -0.3 is 14.6 Å². The van der Waals surface area contributed by atoms with E-state index in [1.165, 1.54) is 0 Å². The highest BCUT2D eigenvalue weighted by molar-refractivity contribution is 4.93. The molecule has 0 bridgehead atoms. The average molecular weight is 130 g/mol. The Hall–Kier alpha value is -0.120. The second kappa shape index (κ2) is 1.48. The molecule has 0 saturated carbocycles. The van der Waals surface area contributed by atoms with E-state index in [4.69, 9.17) is 9.47 Å². The van der Waals surface area contributed by atoms with Gasteiger partial charge in [-0.2, -0.15) is 0 Å². The quantitative estimate of drug-likeness (QED) is 0.530. The summed E-state index contributed by atoms with van der Waals surface area (Å²) in [4.78, 5) is 0. The van der Waals surface area contributed by atoms with Gasteiger partial charge in [0.2, 0.25) is 0 Å². The van der Waals surface area contributed by atoms with Crippen molar-refractivity contribution in [3.05, 3.63) is 0 Å². The highest BCUT2D eigenvalue weighted by atomic mass is 16.7. The lowest BCUT2D eigenvalue weighted by molar-refractivity contribution is 0.0223. The number of ether oxygens (including phenoxy) is 2. The first-order chi connectivity index (χ1) is 4.21. The number of hydrogen-bond acceptors (Lipinski definition) is 3. The van der Waals surface area contributed by atoms with Gasteiger partial charge in [0.25, 0.3) is 0 Å². The monoisotopic (exact) mass is 130 g/mol. The fraction of sp³-hybridized carbons (Fsp3) is 1.00. The minimum absolute atomic E-state index is 0.0155. The van der Waals surface area contributed by atoms with Crippen LogP contribution in [-0.2, 0) is 9.47 Å². The Morgan fingerprint density at radius 3 is 2.67 bits per heavy atom. The van der Waals surface area contributed by atoms with Gasteiger partial charge in [-0.3, -0.25) is 0 Å². The molecule has 2 rings (SSSR count). The minimum atomic E-state index is -0.832. The molecule has 2 saturated heterocycles. The number of hydrogen-bond donors (Lipinski definition) is 1. The largest absolute Gasteiger partial charge is 0.373 e. The van der Waals surface area contributed by atoms with E-state index in [-0.39, 0.29) is 12.2 Å². The molecule has 0 aliphatic carbocycles. The summed E-state index contributed by atoms with van der Waals surface area (Å²) < 4.78 is 9.86. The SMILES string of the molecule is CC1OC1(O)CC1CO1. The Morgan fingerprint density at radius 1 is 1.78 bits per heavy atom. The Labute approximate surface area is 53.6 Å². The zero-order valence-corrected chi connectivity index (χ0v) is 5.33. The van der Waals surface area contributed by atoms with Crippen molar-refractivity contribution in [2.45, 2.75) is 31.3 Å².